The zero-order chi connectivity index (χ0) is 15.4. The number of anilines is 1. The molecule has 1 aromatic rings. The van der Waals surface area contributed by atoms with Crippen molar-refractivity contribution in [1.82, 2.24) is 4.90 Å². The number of nitrogens with one attached hydrogen (secondary N) is 1. The van der Waals surface area contributed by atoms with Crippen molar-refractivity contribution in [2.45, 2.75) is 26.8 Å². The second-order valence-electron chi connectivity index (χ2n) is 5.40. The van der Waals surface area contributed by atoms with Gasteiger partial charge in [0, 0.05) is 17.5 Å². The van der Waals surface area contributed by atoms with Crippen LogP contribution in [0.5, 0.6) is 0 Å². The Hall–Kier alpha value is -1.75. The molecule has 4 nitrogen and oxygen atoms in total. The predicted molar refractivity (Wildman–Crippen MR) is 87.2 cm³/mol. The number of nitrogens with zero attached hydrogens (tertiary/aromatic N) is 1. The van der Waals surface area contributed by atoms with Gasteiger partial charge in [-0.15, -0.1) is 11.8 Å². The fourth-order valence-corrected chi connectivity index (χ4v) is 3.23. The average molecular weight is 304 g/mol. The fourth-order valence-electron chi connectivity index (χ4n) is 2.07. The van der Waals surface area contributed by atoms with E-state index in [1.165, 1.54) is 0 Å². The maximum absolute atomic E-state index is 12.4. The van der Waals surface area contributed by atoms with Gasteiger partial charge in [0.05, 0.1) is 5.88 Å². The van der Waals surface area contributed by atoms with Crippen LogP contribution < -0.4 is 5.32 Å². The fraction of sp³-hybridized carbons (Fsp3) is 0.375. The van der Waals surface area contributed by atoms with Gasteiger partial charge in [-0.2, -0.15) is 0 Å². The number of allylic oxidation sites excluding steroid dienone is 1. The number of carbonyl (C=O) groups excluding carboxylic acids is 2. The molecule has 0 bridgehead atoms. The molecule has 1 saturated heterocycles. The molecule has 0 radical (unpaired) electrons. The molecule has 1 aliphatic heterocycles. The largest absolute Gasteiger partial charge is 0.324 e. The first-order valence-electron chi connectivity index (χ1n) is 6.88. The van der Waals surface area contributed by atoms with Gasteiger partial charge < -0.3 is 10.2 Å². The highest BCUT2D eigenvalue weighted by Gasteiger charge is 2.33. The Kier molecular flexibility index (Phi) is 5.07. The minimum Gasteiger partial charge on any atom is -0.324 e. The minimum absolute atomic E-state index is 0.0935. The Morgan fingerprint density at radius 1 is 1.29 bits per heavy atom. The van der Waals surface area contributed by atoms with Crippen LogP contribution in [0.1, 0.15) is 19.4 Å². The standard InChI is InChI=1S/C16H20N2O2S/c1-11(2)8-15(19)18-10-21-9-14(18)16(20)17-13-6-4-12(3)5-7-13/h4-8,14H,9-10H2,1-3H3,(H,17,20). The Morgan fingerprint density at radius 3 is 2.57 bits per heavy atom. The zero-order valence-electron chi connectivity index (χ0n) is 12.6. The van der Waals surface area contributed by atoms with Gasteiger partial charge in [-0.25, -0.2) is 0 Å². The number of benzene rings is 1. The summed E-state index contributed by atoms with van der Waals surface area (Å²) in [6, 6.07) is 7.24. The lowest BCUT2D eigenvalue weighted by Gasteiger charge is -2.22. The van der Waals surface area contributed by atoms with E-state index in [1.807, 2.05) is 45.0 Å². The van der Waals surface area contributed by atoms with Crippen LogP contribution in [0.15, 0.2) is 35.9 Å². The average Bonchev–Trinajstić information content (AvgIpc) is 2.90. The quantitative estimate of drug-likeness (QED) is 0.874. The first kappa shape index (κ1) is 15.6. The summed E-state index contributed by atoms with van der Waals surface area (Å²) < 4.78 is 0. The van der Waals surface area contributed by atoms with E-state index in [0.29, 0.717) is 11.6 Å². The molecule has 0 spiro atoms. The molecule has 1 atom stereocenters. The molecule has 2 amide bonds. The van der Waals surface area contributed by atoms with Crippen LogP contribution in [-0.4, -0.2) is 34.4 Å². The summed E-state index contributed by atoms with van der Waals surface area (Å²) in [6.45, 7) is 5.75. The van der Waals surface area contributed by atoms with E-state index in [9.17, 15) is 9.59 Å². The van der Waals surface area contributed by atoms with Gasteiger partial charge in [-0.1, -0.05) is 23.3 Å². The number of carbonyl (C=O) groups is 2. The molecule has 5 heteroatoms. The molecule has 1 fully saturated rings. The lowest BCUT2D eigenvalue weighted by molar-refractivity contribution is -0.132. The summed E-state index contributed by atoms with van der Waals surface area (Å²) in [5.41, 5.74) is 2.84. The number of hydrogen-bond donors (Lipinski definition) is 1. The van der Waals surface area contributed by atoms with Crippen LogP contribution in [0, 0.1) is 6.92 Å². The molecule has 1 aromatic carbocycles. The van der Waals surface area contributed by atoms with Crippen molar-refractivity contribution >= 4 is 29.3 Å². The highest BCUT2D eigenvalue weighted by molar-refractivity contribution is 7.99. The lowest BCUT2D eigenvalue weighted by atomic mass is 10.2. The predicted octanol–water partition coefficient (Wildman–Crippen LogP) is 2.80. The van der Waals surface area contributed by atoms with Crippen LogP contribution >= 0.6 is 11.8 Å². The van der Waals surface area contributed by atoms with Crippen LogP contribution in [0.3, 0.4) is 0 Å². The molecular weight excluding hydrogens is 284 g/mol. The van der Waals surface area contributed by atoms with E-state index in [4.69, 9.17) is 0 Å². The summed E-state index contributed by atoms with van der Waals surface area (Å²) >= 11 is 1.60. The van der Waals surface area contributed by atoms with E-state index >= 15 is 0 Å². The van der Waals surface area contributed by atoms with E-state index in [2.05, 4.69) is 5.32 Å². The van der Waals surface area contributed by atoms with Gasteiger partial charge in [-0.05, 0) is 32.9 Å². The molecule has 112 valence electrons. The molecule has 2 rings (SSSR count). The Morgan fingerprint density at radius 2 is 1.95 bits per heavy atom. The maximum atomic E-state index is 12.4. The highest BCUT2D eigenvalue weighted by atomic mass is 32.2. The second kappa shape index (κ2) is 6.80. The van der Waals surface area contributed by atoms with Gasteiger partial charge in [0.1, 0.15) is 6.04 Å². The van der Waals surface area contributed by atoms with Gasteiger partial charge in [0.2, 0.25) is 11.8 Å². The van der Waals surface area contributed by atoms with Crippen LogP contribution in [0.2, 0.25) is 0 Å². The first-order chi connectivity index (χ1) is 9.97. The molecule has 1 aliphatic rings. The topological polar surface area (TPSA) is 49.4 Å². The number of rotatable bonds is 3. The molecule has 0 saturated carbocycles. The van der Waals surface area contributed by atoms with Crippen molar-refractivity contribution in [2.24, 2.45) is 0 Å². The van der Waals surface area contributed by atoms with Crippen molar-refractivity contribution in [3.05, 3.63) is 41.5 Å². The van der Waals surface area contributed by atoms with E-state index < -0.39 is 6.04 Å². The van der Waals surface area contributed by atoms with Crippen molar-refractivity contribution in [2.75, 3.05) is 16.9 Å². The summed E-state index contributed by atoms with van der Waals surface area (Å²) in [7, 11) is 0. The Labute approximate surface area is 129 Å². The van der Waals surface area contributed by atoms with Crippen LogP contribution in [-0.2, 0) is 9.59 Å². The molecule has 0 aliphatic carbocycles. The highest BCUT2D eigenvalue weighted by Crippen LogP contribution is 2.23. The lowest BCUT2D eigenvalue weighted by Crippen LogP contribution is -2.44. The van der Waals surface area contributed by atoms with Crippen molar-refractivity contribution in [1.29, 1.82) is 0 Å². The number of thioether (sulfide) groups is 1. The molecule has 1 N–H and O–H groups in total. The zero-order valence-corrected chi connectivity index (χ0v) is 13.4. The van der Waals surface area contributed by atoms with Crippen LogP contribution in [0.25, 0.3) is 0 Å². The van der Waals surface area contributed by atoms with Crippen LogP contribution in [0.4, 0.5) is 5.69 Å². The van der Waals surface area contributed by atoms with Crippen molar-refractivity contribution < 1.29 is 9.59 Å². The molecule has 0 aromatic heterocycles. The molecule has 1 heterocycles. The summed E-state index contributed by atoms with van der Waals surface area (Å²) in [4.78, 5) is 26.1. The monoisotopic (exact) mass is 304 g/mol. The third-order valence-corrected chi connectivity index (χ3v) is 4.21. The Balaban J connectivity index is 2.05. The minimum atomic E-state index is -0.403. The summed E-state index contributed by atoms with van der Waals surface area (Å²) in [5.74, 6) is 0.984. The van der Waals surface area contributed by atoms with Gasteiger partial charge in [0.25, 0.3) is 0 Å². The number of aryl methyl sites for hydroxylation is 1. The third kappa shape index (κ3) is 4.11. The summed E-state index contributed by atoms with van der Waals surface area (Å²) in [6.07, 6.45) is 1.58. The maximum Gasteiger partial charge on any atom is 0.248 e. The molecular formula is C16H20N2O2S. The normalized spacial score (nSPS) is 17.5. The van der Waals surface area contributed by atoms with Crippen molar-refractivity contribution in [3.8, 4) is 0 Å². The third-order valence-electron chi connectivity index (χ3n) is 3.20. The second-order valence-corrected chi connectivity index (χ2v) is 6.40. The molecule has 1 unspecified atom stereocenters. The van der Waals surface area contributed by atoms with Gasteiger partial charge in [-0.3, -0.25) is 9.59 Å². The molecule has 21 heavy (non-hydrogen) atoms. The summed E-state index contributed by atoms with van der Waals surface area (Å²) in [5, 5.41) is 2.88. The van der Waals surface area contributed by atoms with Gasteiger partial charge >= 0.3 is 0 Å². The number of hydrogen-bond acceptors (Lipinski definition) is 3. The first-order valence-corrected chi connectivity index (χ1v) is 8.03. The number of amides is 2. The van der Waals surface area contributed by atoms with E-state index in [0.717, 1.165) is 16.8 Å². The van der Waals surface area contributed by atoms with Gasteiger partial charge in [0.15, 0.2) is 0 Å². The van der Waals surface area contributed by atoms with Crippen molar-refractivity contribution in [3.63, 3.8) is 0 Å². The van der Waals surface area contributed by atoms with E-state index in [1.54, 1.807) is 22.7 Å². The Bertz CT molecular complexity index is 562. The SMILES string of the molecule is CC(C)=CC(=O)N1CSCC1C(=O)Nc1ccc(C)cc1. The smallest absolute Gasteiger partial charge is 0.248 e. The van der Waals surface area contributed by atoms with E-state index in [-0.39, 0.29) is 11.8 Å².